The monoisotopic (exact) mass is 328 g/mol. The summed E-state index contributed by atoms with van der Waals surface area (Å²) < 4.78 is 18.7. The van der Waals surface area contributed by atoms with Crippen molar-refractivity contribution in [2.24, 2.45) is 10.7 Å². The molecule has 4 nitrogen and oxygen atoms in total. The van der Waals surface area contributed by atoms with E-state index in [0.29, 0.717) is 17.3 Å². The van der Waals surface area contributed by atoms with Crippen LogP contribution in [0.15, 0.2) is 58.4 Å². The Balaban J connectivity index is 1.77. The highest BCUT2D eigenvalue weighted by molar-refractivity contribution is 8.18. The van der Waals surface area contributed by atoms with Gasteiger partial charge in [0, 0.05) is 5.56 Å². The summed E-state index contributed by atoms with van der Waals surface area (Å²) in [6.07, 6.45) is 1.70. The van der Waals surface area contributed by atoms with E-state index in [2.05, 4.69) is 4.99 Å². The number of benzene rings is 2. The summed E-state index contributed by atoms with van der Waals surface area (Å²) in [5, 5.41) is 0.242. The molecule has 116 valence electrons. The minimum Gasteiger partial charge on any atom is -0.488 e. The molecule has 1 amide bonds. The van der Waals surface area contributed by atoms with Gasteiger partial charge >= 0.3 is 0 Å². The molecule has 0 aromatic heterocycles. The Morgan fingerprint density at radius 2 is 1.91 bits per heavy atom. The van der Waals surface area contributed by atoms with Crippen LogP contribution in [-0.4, -0.2) is 11.1 Å². The number of carbonyl (C=O) groups excluding carboxylic acids is 1. The molecule has 0 unspecified atom stereocenters. The van der Waals surface area contributed by atoms with Crippen LogP contribution in [0.2, 0.25) is 0 Å². The van der Waals surface area contributed by atoms with Gasteiger partial charge in [0.15, 0.2) is 5.17 Å². The third-order valence-corrected chi connectivity index (χ3v) is 3.96. The molecule has 2 aromatic rings. The predicted octanol–water partition coefficient (Wildman–Crippen LogP) is 3.33. The smallest absolute Gasteiger partial charge is 0.286 e. The number of amidine groups is 1. The zero-order valence-electron chi connectivity index (χ0n) is 12.0. The van der Waals surface area contributed by atoms with E-state index in [1.807, 2.05) is 24.3 Å². The number of thioether (sulfide) groups is 1. The van der Waals surface area contributed by atoms with Crippen molar-refractivity contribution in [2.45, 2.75) is 6.61 Å². The minimum absolute atomic E-state index is 0.242. The molecule has 1 aliphatic rings. The summed E-state index contributed by atoms with van der Waals surface area (Å²) in [6, 6.07) is 13.5. The van der Waals surface area contributed by atoms with Crippen LogP contribution in [0.3, 0.4) is 0 Å². The van der Waals surface area contributed by atoms with E-state index < -0.39 is 0 Å². The molecule has 0 fully saturated rings. The van der Waals surface area contributed by atoms with Crippen LogP contribution < -0.4 is 10.5 Å². The number of hydrogen-bond acceptors (Lipinski definition) is 4. The molecule has 0 aliphatic carbocycles. The number of halogens is 1. The van der Waals surface area contributed by atoms with Crippen molar-refractivity contribution < 1.29 is 13.9 Å². The van der Waals surface area contributed by atoms with Crippen molar-refractivity contribution in [3.63, 3.8) is 0 Å². The molecule has 0 saturated heterocycles. The Bertz CT molecular complexity index is 800. The van der Waals surface area contributed by atoms with Crippen molar-refractivity contribution in [2.75, 3.05) is 0 Å². The molecular formula is C17H13FN2O2S. The van der Waals surface area contributed by atoms with Gasteiger partial charge in [-0.2, -0.15) is 4.99 Å². The molecule has 2 aromatic carbocycles. The average Bonchev–Trinajstić information content (AvgIpc) is 2.86. The maximum atomic E-state index is 12.9. The lowest BCUT2D eigenvalue weighted by molar-refractivity contribution is -0.113. The van der Waals surface area contributed by atoms with Crippen LogP contribution in [0.1, 0.15) is 11.1 Å². The first-order valence-electron chi connectivity index (χ1n) is 6.86. The number of amides is 1. The maximum Gasteiger partial charge on any atom is 0.286 e. The van der Waals surface area contributed by atoms with E-state index in [1.54, 1.807) is 18.2 Å². The molecule has 2 N–H and O–H groups in total. The highest BCUT2D eigenvalue weighted by atomic mass is 32.2. The Labute approximate surface area is 136 Å². The fourth-order valence-corrected chi connectivity index (χ4v) is 2.71. The molecule has 23 heavy (non-hydrogen) atoms. The Morgan fingerprint density at radius 1 is 1.17 bits per heavy atom. The van der Waals surface area contributed by atoms with Crippen LogP contribution in [0.25, 0.3) is 6.08 Å². The van der Waals surface area contributed by atoms with Crippen molar-refractivity contribution in [3.8, 4) is 5.75 Å². The third kappa shape index (κ3) is 3.78. The number of para-hydroxylation sites is 1. The van der Waals surface area contributed by atoms with Gasteiger partial charge in [-0.05, 0) is 41.6 Å². The molecule has 0 radical (unpaired) electrons. The van der Waals surface area contributed by atoms with E-state index in [0.717, 1.165) is 22.9 Å². The normalized spacial score (nSPS) is 15.8. The van der Waals surface area contributed by atoms with Gasteiger partial charge in [-0.25, -0.2) is 4.39 Å². The number of nitrogens with zero attached hydrogens (tertiary/aromatic N) is 1. The summed E-state index contributed by atoms with van der Waals surface area (Å²) in [5.41, 5.74) is 7.16. The van der Waals surface area contributed by atoms with Crippen molar-refractivity contribution >= 4 is 28.9 Å². The van der Waals surface area contributed by atoms with Gasteiger partial charge in [0.1, 0.15) is 18.2 Å². The van der Waals surface area contributed by atoms with Crippen LogP contribution in [-0.2, 0) is 11.4 Å². The fraction of sp³-hybridized carbons (Fsp3) is 0.0588. The topological polar surface area (TPSA) is 64.7 Å². The van der Waals surface area contributed by atoms with E-state index in [9.17, 15) is 9.18 Å². The van der Waals surface area contributed by atoms with Crippen LogP contribution in [0, 0.1) is 5.82 Å². The third-order valence-electron chi connectivity index (χ3n) is 3.15. The molecule has 1 heterocycles. The van der Waals surface area contributed by atoms with Gasteiger partial charge in [0.2, 0.25) is 0 Å². The van der Waals surface area contributed by atoms with E-state index in [-0.39, 0.29) is 16.9 Å². The number of carbonyl (C=O) groups is 1. The molecule has 0 spiro atoms. The zero-order chi connectivity index (χ0) is 16.2. The van der Waals surface area contributed by atoms with Crippen molar-refractivity contribution in [1.29, 1.82) is 0 Å². The average molecular weight is 328 g/mol. The van der Waals surface area contributed by atoms with Gasteiger partial charge in [-0.15, -0.1) is 0 Å². The Morgan fingerprint density at radius 3 is 2.61 bits per heavy atom. The SMILES string of the molecule is NC1=NC(=O)C(=Cc2ccccc2OCc2ccc(F)cc2)S1. The molecule has 0 saturated carbocycles. The van der Waals surface area contributed by atoms with E-state index in [1.165, 1.54) is 12.1 Å². The molecule has 6 heteroatoms. The first-order chi connectivity index (χ1) is 11.1. The van der Waals surface area contributed by atoms with Crippen LogP contribution in [0.5, 0.6) is 5.75 Å². The summed E-state index contributed by atoms with van der Waals surface area (Å²) >= 11 is 1.14. The fourth-order valence-electron chi connectivity index (χ4n) is 2.04. The number of rotatable bonds is 4. The maximum absolute atomic E-state index is 12.9. The highest BCUT2D eigenvalue weighted by Crippen LogP contribution is 2.29. The standard InChI is InChI=1S/C17H13FN2O2S/c18-13-7-5-11(6-8-13)10-22-14-4-2-1-3-12(14)9-15-16(21)20-17(19)23-15/h1-9H,10H2,(H2,19,20,21). The molecule has 0 bridgehead atoms. The van der Waals surface area contributed by atoms with Gasteiger partial charge in [-0.1, -0.05) is 30.3 Å². The quantitative estimate of drug-likeness (QED) is 0.874. The van der Waals surface area contributed by atoms with Gasteiger partial charge < -0.3 is 10.5 Å². The van der Waals surface area contributed by atoms with Gasteiger partial charge in [0.05, 0.1) is 4.91 Å². The highest BCUT2D eigenvalue weighted by Gasteiger charge is 2.20. The van der Waals surface area contributed by atoms with Gasteiger partial charge in [0.25, 0.3) is 5.91 Å². The number of hydrogen-bond donors (Lipinski definition) is 1. The molecule has 0 atom stereocenters. The van der Waals surface area contributed by atoms with E-state index in [4.69, 9.17) is 10.5 Å². The zero-order valence-corrected chi connectivity index (χ0v) is 12.8. The second-order valence-electron chi connectivity index (χ2n) is 4.82. The first kappa shape index (κ1) is 15.3. The largest absolute Gasteiger partial charge is 0.488 e. The predicted molar refractivity (Wildman–Crippen MR) is 89.4 cm³/mol. The Kier molecular flexibility index (Phi) is 4.43. The van der Waals surface area contributed by atoms with Crippen molar-refractivity contribution in [3.05, 3.63) is 70.4 Å². The summed E-state index contributed by atoms with van der Waals surface area (Å²) in [5.74, 6) is -0.00252. The second-order valence-corrected chi connectivity index (χ2v) is 5.88. The number of aliphatic imine (C=N–C) groups is 1. The summed E-state index contributed by atoms with van der Waals surface area (Å²) in [6.45, 7) is 0.306. The number of ether oxygens (including phenoxy) is 1. The molecule has 3 rings (SSSR count). The molecule has 1 aliphatic heterocycles. The lowest BCUT2D eigenvalue weighted by Crippen LogP contribution is -2.01. The summed E-state index contributed by atoms with van der Waals surface area (Å²) in [7, 11) is 0. The van der Waals surface area contributed by atoms with Crippen LogP contribution in [0.4, 0.5) is 4.39 Å². The lowest BCUT2D eigenvalue weighted by atomic mass is 10.2. The first-order valence-corrected chi connectivity index (χ1v) is 7.68. The lowest BCUT2D eigenvalue weighted by Gasteiger charge is -2.09. The van der Waals surface area contributed by atoms with Gasteiger partial charge in [-0.3, -0.25) is 4.79 Å². The second kappa shape index (κ2) is 6.66. The minimum atomic E-state index is -0.346. The summed E-state index contributed by atoms with van der Waals surface area (Å²) in [4.78, 5) is 15.8. The molecular weight excluding hydrogens is 315 g/mol. The number of nitrogens with two attached hydrogens (primary N) is 1. The Hall–Kier alpha value is -2.60. The van der Waals surface area contributed by atoms with E-state index >= 15 is 0 Å². The van der Waals surface area contributed by atoms with Crippen LogP contribution >= 0.6 is 11.8 Å². The van der Waals surface area contributed by atoms with Crippen molar-refractivity contribution in [1.82, 2.24) is 0 Å².